The number of aliphatic hydroxyl groups excluding tert-OH is 1. The number of aliphatic carboxylic acids is 1. The molecule has 3 N–H and O–H groups in total. The molecule has 2 aromatic rings. The van der Waals surface area contributed by atoms with E-state index in [1.807, 2.05) is 30.3 Å². The minimum atomic E-state index is -1.09. The Labute approximate surface area is 122 Å². The van der Waals surface area contributed by atoms with Crippen LogP contribution in [0.2, 0.25) is 0 Å². The van der Waals surface area contributed by atoms with E-state index >= 15 is 0 Å². The summed E-state index contributed by atoms with van der Waals surface area (Å²) < 4.78 is 0. The van der Waals surface area contributed by atoms with Crippen molar-refractivity contribution in [2.45, 2.75) is 25.6 Å². The summed E-state index contributed by atoms with van der Waals surface area (Å²) in [5.41, 5.74) is 1.67. The van der Waals surface area contributed by atoms with Crippen LogP contribution in [0.5, 0.6) is 0 Å². The van der Waals surface area contributed by atoms with Gasteiger partial charge in [0.25, 0.3) is 0 Å². The van der Waals surface area contributed by atoms with Gasteiger partial charge in [-0.25, -0.2) is 9.97 Å². The van der Waals surface area contributed by atoms with Gasteiger partial charge < -0.3 is 10.2 Å². The summed E-state index contributed by atoms with van der Waals surface area (Å²) in [7, 11) is 0. The monoisotopic (exact) mass is 287 g/mol. The van der Waals surface area contributed by atoms with Crippen molar-refractivity contribution in [2.24, 2.45) is 0 Å². The Morgan fingerprint density at radius 3 is 2.38 bits per heavy atom. The third-order valence-electron chi connectivity index (χ3n) is 3.01. The highest BCUT2D eigenvalue weighted by molar-refractivity contribution is 5.74. The molecule has 0 aliphatic rings. The summed E-state index contributed by atoms with van der Waals surface area (Å²) in [6.45, 7) is 1.71. The van der Waals surface area contributed by atoms with E-state index in [1.165, 1.54) is 6.92 Å². The van der Waals surface area contributed by atoms with Crippen LogP contribution >= 0.6 is 0 Å². The first-order valence-electron chi connectivity index (χ1n) is 6.58. The molecule has 1 aromatic carbocycles. The molecule has 2 rings (SSSR count). The average molecular weight is 287 g/mol. The maximum absolute atomic E-state index is 10.9. The number of nitrogens with one attached hydrogen (secondary N) is 1. The molecule has 1 heterocycles. The van der Waals surface area contributed by atoms with Gasteiger partial charge in [-0.05, 0) is 6.92 Å². The quantitative estimate of drug-likeness (QED) is 0.735. The van der Waals surface area contributed by atoms with Crippen LogP contribution in [0, 0.1) is 0 Å². The molecule has 21 heavy (non-hydrogen) atoms. The Bertz CT molecular complexity index is 585. The maximum atomic E-state index is 10.9. The molecule has 0 saturated carbocycles. The van der Waals surface area contributed by atoms with Crippen LogP contribution in [0.25, 0.3) is 11.4 Å². The molecule has 6 heteroatoms. The highest BCUT2D eigenvalue weighted by atomic mass is 16.4. The fraction of sp³-hybridized carbons (Fsp3) is 0.267. The zero-order chi connectivity index (χ0) is 15.2. The lowest BCUT2D eigenvalue weighted by Gasteiger charge is -2.16. The van der Waals surface area contributed by atoms with Crippen molar-refractivity contribution in [3.63, 3.8) is 0 Å². The predicted octanol–water partition coefficient (Wildman–Crippen LogP) is 1.07. The van der Waals surface area contributed by atoms with E-state index in [-0.39, 0.29) is 6.54 Å². The predicted molar refractivity (Wildman–Crippen MR) is 77.4 cm³/mol. The van der Waals surface area contributed by atoms with Crippen LogP contribution in [0.15, 0.2) is 42.7 Å². The summed E-state index contributed by atoms with van der Waals surface area (Å²) in [5.74, 6) is -0.475. The number of carbonyl (C=O) groups is 1. The fourth-order valence-electron chi connectivity index (χ4n) is 1.87. The van der Waals surface area contributed by atoms with Gasteiger partial charge in [-0.2, -0.15) is 0 Å². The standard InChI is InChI=1S/C15H17N3O3/c1-10(19)13(15(20)21)16-7-11-8-17-14(18-9-11)12-5-3-2-4-6-12/h2-6,8-10,13,16,19H,7H2,1H3,(H,20,21)/t10-,13-/m0/s1. The van der Waals surface area contributed by atoms with Crippen molar-refractivity contribution < 1.29 is 15.0 Å². The van der Waals surface area contributed by atoms with Crippen LogP contribution in [0.3, 0.4) is 0 Å². The number of carboxylic acids is 1. The Kier molecular flexibility index (Phi) is 4.97. The van der Waals surface area contributed by atoms with Crippen molar-refractivity contribution in [1.82, 2.24) is 15.3 Å². The normalized spacial score (nSPS) is 13.6. The lowest BCUT2D eigenvalue weighted by atomic mass is 10.1. The topological polar surface area (TPSA) is 95.3 Å². The highest BCUT2D eigenvalue weighted by Gasteiger charge is 2.22. The third-order valence-corrected chi connectivity index (χ3v) is 3.01. The number of benzene rings is 1. The molecule has 2 atom stereocenters. The number of aromatic nitrogens is 2. The van der Waals surface area contributed by atoms with Crippen LogP contribution in [0.4, 0.5) is 0 Å². The Hall–Kier alpha value is -2.31. The number of aliphatic hydroxyl groups is 1. The minimum absolute atomic E-state index is 0.275. The highest BCUT2D eigenvalue weighted by Crippen LogP contribution is 2.13. The fourth-order valence-corrected chi connectivity index (χ4v) is 1.87. The smallest absolute Gasteiger partial charge is 0.323 e. The summed E-state index contributed by atoms with van der Waals surface area (Å²) in [4.78, 5) is 19.5. The van der Waals surface area contributed by atoms with E-state index in [2.05, 4.69) is 15.3 Å². The van der Waals surface area contributed by atoms with E-state index in [9.17, 15) is 9.90 Å². The Morgan fingerprint density at radius 2 is 1.86 bits per heavy atom. The molecule has 110 valence electrons. The minimum Gasteiger partial charge on any atom is -0.480 e. The number of carboxylic acid groups (broad SMARTS) is 1. The van der Waals surface area contributed by atoms with E-state index in [0.717, 1.165) is 11.1 Å². The Morgan fingerprint density at radius 1 is 1.24 bits per heavy atom. The first kappa shape index (κ1) is 15.1. The second-order valence-corrected chi connectivity index (χ2v) is 4.72. The lowest BCUT2D eigenvalue weighted by molar-refractivity contribution is -0.142. The van der Waals surface area contributed by atoms with Crippen LogP contribution in [0.1, 0.15) is 12.5 Å². The van der Waals surface area contributed by atoms with E-state index in [1.54, 1.807) is 12.4 Å². The SMILES string of the molecule is C[C@H](O)[C@H](NCc1cnc(-c2ccccc2)nc1)C(=O)O. The van der Waals surface area contributed by atoms with Crippen LogP contribution in [-0.2, 0) is 11.3 Å². The molecule has 0 fully saturated rings. The second kappa shape index (κ2) is 6.92. The first-order chi connectivity index (χ1) is 10.1. The molecule has 0 bridgehead atoms. The van der Waals surface area contributed by atoms with Gasteiger partial charge in [-0.15, -0.1) is 0 Å². The largest absolute Gasteiger partial charge is 0.480 e. The van der Waals surface area contributed by atoms with Crippen molar-refractivity contribution in [3.8, 4) is 11.4 Å². The molecule has 0 aliphatic heterocycles. The molecule has 6 nitrogen and oxygen atoms in total. The van der Waals surface area contributed by atoms with Crippen molar-refractivity contribution in [2.75, 3.05) is 0 Å². The van der Waals surface area contributed by atoms with Crippen molar-refractivity contribution in [1.29, 1.82) is 0 Å². The summed E-state index contributed by atoms with van der Waals surface area (Å²) in [6, 6.07) is 8.56. The molecule has 0 saturated heterocycles. The summed E-state index contributed by atoms with van der Waals surface area (Å²) in [6.07, 6.45) is 2.30. The molecule has 1 aromatic heterocycles. The van der Waals surface area contributed by atoms with E-state index < -0.39 is 18.1 Å². The number of nitrogens with zero attached hydrogens (tertiary/aromatic N) is 2. The zero-order valence-corrected chi connectivity index (χ0v) is 11.6. The van der Waals surface area contributed by atoms with Gasteiger partial charge in [-0.1, -0.05) is 30.3 Å². The Balaban J connectivity index is 2.01. The molecule has 0 radical (unpaired) electrons. The summed E-state index contributed by atoms with van der Waals surface area (Å²) in [5, 5.41) is 21.1. The van der Waals surface area contributed by atoms with Gasteiger partial charge >= 0.3 is 5.97 Å². The van der Waals surface area contributed by atoms with Gasteiger partial charge in [0.15, 0.2) is 5.82 Å². The zero-order valence-electron chi connectivity index (χ0n) is 11.6. The summed E-state index contributed by atoms with van der Waals surface area (Å²) >= 11 is 0. The number of hydrogen-bond donors (Lipinski definition) is 3. The second-order valence-electron chi connectivity index (χ2n) is 4.72. The van der Waals surface area contributed by atoms with Gasteiger partial charge in [0.2, 0.25) is 0 Å². The van der Waals surface area contributed by atoms with Crippen LogP contribution < -0.4 is 5.32 Å². The molecule has 0 spiro atoms. The molecule has 0 amide bonds. The van der Waals surface area contributed by atoms with E-state index in [0.29, 0.717) is 5.82 Å². The van der Waals surface area contributed by atoms with Crippen molar-refractivity contribution >= 4 is 5.97 Å². The van der Waals surface area contributed by atoms with Crippen molar-refractivity contribution in [3.05, 3.63) is 48.3 Å². The molecular formula is C15H17N3O3. The first-order valence-corrected chi connectivity index (χ1v) is 6.58. The van der Waals surface area contributed by atoms with Crippen LogP contribution in [-0.4, -0.2) is 38.3 Å². The average Bonchev–Trinajstić information content (AvgIpc) is 2.48. The van der Waals surface area contributed by atoms with E-state index in [4.69, 9.17) is 5.11 Å². The molecule has 0 unspecified atom stereocenters. The number of rotatable bonds is 6. The molecule has 0 aliphatic carbocycles. The lowest BCUT2D eigenvalue weighted by Crippen LogP contribution is -2.44. The maximum Gasteiger partial charge on any atom is 0.323 e. The van der Waals surface area contributed by atoms with Gasteiger partial charge in [0.05, 0.1) is 6.10 Å². The van der Waals surface area contributed by atoms with Gasteiger partial charge in [-0.3, -0.25) is 10.1 Å². The van der Waals surface area contributed by atoms with Gasteiger partial charge in [0.1, 0.15) is 6.04 Å². The molecular weight excluding hydrogens is 270 g/mol. The number of hydrogen-bond acceptors (Lipinski definition) is 5. The van der Waals surface area contributed by atoms with Gasteiger partial charge in [0, 0.05) is 30.1 Å². The third kappa shape index (κ3) is 4.08.